The van der Waals surface area contributed by atoms with Crippen molar-refractivity contribution in [2.45, 2.75) is 6.92 Å². The highest BCUT2D eigenvalue weighted by Crippen LogP contribution is 2.25. The molecule has 1 amide bonds. The molecule has 0 aliphatic rings. The Kier molecular flexibility index (Phi) is 3.75. The first-order valence-electron chi connectivity index (χ1n) is 5.55. The predicted molar refractivity (Wildman–Crippen MR) is 67.2 cm³/mol. The molecule has 1 N–H and O–H groups in total. The van der Waals surface area contributed by atoms with E-state index in [4.69, 9.17) is 4.74 Å². The average Bonchev–Trinajstić information content (AvgIpc) is 2.33. The molecule has 0 bridgehead atoms. The third kappa shape index (κ3) is 3.51. The lowest BCUT2D eigenvalue weighted by molar-refractivity contribution is -0.114. The Morgan fingerprint density at radius 3 is 2.47 bits per heavy atom. The number of halogens is 2. The Hall–Kier alpha value is -2.43. The number of hydrogen-bond donors (Lipinski definition) is 1. The van der Waals surface area contributed by atoms with E-state index in [2.05, 4.69) is 5.32 Å². The number of anilines is 1. The van der Waals surface area contributed by atoms with Crippen LogP contribution in [0.5, 0.6) is 11.5 Å². The summed E-state index contributed by atoms with van der Waals surface area (Å²) in [6.45, 7) is 1.39. The number of carbonyl (C=O) groups excluding carboxylic acids is 1. The van der Waals surface area contributed by atoms with E-state index >= 15 is 0 Å². The fourth-order valence-corrected chi connectivity index (χ4v) is 1.52. The third-order valence-corrected chi connectivity index (χ3v) is 2.28. The minimum atomic E-state index is -0.976. The van der Waals surface area contributed by atoms with Crippen molar-refractivity contribution >= 4 is 11.6 Å². The minimum absolute atomic E-state index is 0.180. The van der Waals surface area contributed by atoms with E-state index in [9.17, 15) is 13.6 Å². The molecule has 2 rings (SSSR count). The molecule has 0 heterocycles. The van der Waals surface area contributed by atoms with E-state index < -0.39 is 11.6 Å². The number of hydrogen-bond acceptors (Lipinski definition) is 2. The fraction of sp³-hybridized carbons (Fsp3) is 0.0714. The summed E-state index contributed by atoms with van der Waals surface area (Å²) >= 11 is 0. The smallest absolute Gasteiger partial charge is 0.221 e. The molecule has 3 nitrogen and oxygen atoms in total. The SMILES string of the molecule is CC(=O)Nc1cccc(Oc2ccc(F)c(F)c2)c1. The van der Waals surface area contributed by atoms with Gasteiger partial charge in [0.05, 0.1) is 0 Å². The topological polar surface area (TPSA) is 38.3 Å². The molecule has 0 fully saturated rings. The van der Waals surface area contributed by atoms with E-state index in [1.54, 1.807) is 24.3 Å². The maximum atomic E-state index is 13.0. The Morgan fingerprint density at radius 1 is 1.05 bits per heavy atom. The van der Waals surface area contributed by atoms with Crippen LogP contribution in [0.2, 0.25) is 0 Å². The van der Waals surface area contributed by atoms with Gasteiger partial charge in [0.2, 0.25) is 5.91 Å². The summed E-state index contributed by atoms with van der Waals surface area (Å²) in [4.78, 5) is 10.9. The Morgan fingerprint density at radius 2 is 1.79 bits per heavy atom. The highest BCUT2D eigenvalue weighted by molar-refractivity contribution is 5.88. The molecular formula is C14H11F2NO2. The quantitative estimate of drug-likeness (QED) is 0.916. The Labute approximate surface area is 108 Å². The summed E-state index contributed by atoms with van der Waals surface area (Å²) < 4.78 is 31.2. The highest BCUT2D eigenvalue weighted by atomic mass is 19.2. The van der Waals surface area contributed by atoms with Gasteiger partial charge in [0.1, 0.15) is 11.5 Å². The molecule has 19 heavy (non-hydrogen) atoms. The number of rotatable bonds is 3. The van der Waals surface area contributed by atoms with Gasteiger partial charge in [-0.1, -0.05) is 6.07 Å². The lowest BCUT2D eigenvalue weighted by Crippen LogP contribution is -2.05. The van der Waals surface area contributed by atoms with E-state index in [-0.39, 0.29) is 11.7 Å². The number of nitrogens with one attached hydrogen (secondary N) is 1. The number of benzene rings is 2. The second-order valence-corrected chi connectivity index (χ2v) is 3.89. The first-order valence-corrected chi connectivity index (χ1v) is 5.55. The summed E-state index contributed by atoms with van der Waals surface area (Å²) in [5.41, 5.74) is 0.563. The maximum Gasteiger partial charge on any atom is 0.221 e. The third-order valence-electron chi connectivity index (χ3n) is 2.28. The van der Waals surface area contributed by atoms with Crippen molar-refractivity contribution in [1.29, 1.82) is 0 Å². The van der Waals surface area contributed by atoms with Crippen LogP contribution in [0.4, 0.5) is 14.5 Å². The molecule has 2 aromatic carbocycles. The lowest BCUT2D eigenvalue weighted by atomic mass is 10.3. The van der Waals surface area contributed by atoms with Gasteiger partial charge in [-0.3, -0.25) is 4.79 Å². The second-order valence-electron chi connectivity index (χ2n) is 3.89. The van der Waals surface area contributed by atoms with Gasteiger partial charge >= 0.3 is 0 Å². The summed E-state index contributed by atoms with van der Waals surface area (Å²) in [5.74, 6) is -1.52. The molecule has 0 saturated heterocycles. The van der Waals surface area contributed by atoms with Gasteiger partial charge in [-0.05, 0) is 24.3 Å². The van der Waals surface area contributed by atoms with E-state index in [1.807, 2.05) is 0 Å². The van der Waals surface area contributed by atoms with Gasteiger partial charge in [-0.15, -0.1) is 0 Å². The number of amides is 1. The fourth-order valence-electron chi connectivity index (χ4n) is 1.52. The molecule has 2 aromatic rings. The summed E-state index contributed by atoms with van der Waals surface area (Å²) in [6.07, 6.45) is 0. The predicted octanol–water partition coefficient (Wildman–Crippen LogP) is 3.72. The zero-order valence-corrected chi connectivity index (χ0v) is 10.1. The molecular weight excluding hydrogens is 252 g/mol. The molecule has 0 aliphatic carbocycles. The number of ether oxygens (including phenoxy) is 1. The molecule has 0 spiro atoms. The molecule has 0 saturated carbocycles. The summed E-state index contributed by atoms with van der Waals surface area (Å²) in [7, 11) is 0. The van der Waals surface area contributed by atoms with Gasteiger partial charge in [-0.25, -0.2) is 8.78 Å². The average molecular weight is 263 g/mol. The standard InChI is InChI=1S/C14H11F2NO2/c1-9(18)17-10-3-2-4-11(7-10)19-12-5-6-13(15)14(16)8-12/h2-8H,1H3,(H,17,18). The highest BCUT2D eigenvalue weighted by Gasteiger charge is 2.05. The van der Waals surface area contributed by atoms with Crippen LogP contribution in [0.3, 0.4) is 0 Å². The Bertz CT molecular complexity index is 614. The van der Waals surface area contributed by atoms with Gasteiger partial charge in [0.25, 0.3) is 0 Å². The molecule has 0 aliphatic heterocycles. The van der Waals surface area contributed by atoms with Gasteiger partial charge in [-0.2, -0.15) is 0 Å². The van der Waals surface area contributed by atoms with Crippen LogP contribution >= 0.6 is 0 Å². The van der Waals surface area contributed by atoms with Gasteiger partial charge in [0.15, 0.2) is 11.6 Å². The summed E-state index contributed by atoms with van der Waals surface area (Å²) in [6, 6.07) is 9.88. The second kappa shape index (κ2) is 5.48. The van der Waals surface area contributed by atoms with Crippen molar-refractivity contribution in [3.63, 3.8) is 0 Å². The van der Waals surface area contributed by atoms with E-state index in [0.717, 1.165) is 12.1 Å². The van der Waals surface area contributed by atoms with Crippen molar-refractivity contribution in [2.75, 3.05) is 5.32 Å². The van der Waals surface area contributed by atoms with Crippen molar-refractivity contribution in [3.05, 3.63) is 54.1 Å². The normalized spacial score (nSPS) is 10.1. The lowest BCUT2D eigenvalue weighted by Gasteiger charge is -2.08. The minimum Gasteiger partial charge on any atom is -0.457 e. The maximum absolute atomic E-state index is 13.0. The van der Waals surface area contributed by atoms with Crippen molar-refractivity contribution < 1.29 is 18.3 Å². The molecule has 98 valence electrons. The van der Waals surface area contributed by atoms with Gasteiger partial charge in [0, 0.05) is 24.7 Å². The van der Waals surface area contributed by atoms with Crippen LogP contribution in [0.25, 0.3) is 0 Å². The van der Waals surface area contributed by atoms with Crippen LogP contribution < -0.4 is 10.1 Å². The van der Waals surface area contributed by atoms with E-state index in [0.29, 0.717) is 11.4 Å². The van der Waals surface area contributed by atoms with Crippen LogP contribution in [0.1, 0.15) is 6.92 Å². The molecule has 0 unspecified atom stereocenters. The van der Waals surface area contributed by atoms with Gasteiger partial charge < -0.3 is 10.1 Å². The van der Waals surface area contributed by atoms with E-state index in [1.165, 1.54) is 13.0 Å². The molecule has 0 radical (unpaired) electrons. The Balaban J connectivity index is 2.18. The molecule has 5 heteroatoms. The zero-order chi connectivity index (χ0) is 13.8. The molecule has 0 atom stereocenters. The zero-order valence-electron chi connectivity index (χ0n) is 10.1. The first-order chi connectivity index (χ1) is 9.04. The number of carbonyl (C=O) groups is 1. The largest absolute Gasteiger partial charge is 0.457 e. The van der Waals surface area contributed by atoms with Crippen molar-refractivity contribution in [2.24, 2.45) is 0 Å². The van der Waals surface area contributed by atoms with Crippen molar-refractivity contribution in [1.82, 2.24) is 0 Å². The summed E-state index contributed by atoms with van der Waals surface area (Å²) in [5, 5.41) is 2.60. The monoisotopic (exact) mass is 263 g/mol. The van der Waals surface area contributed by atoms with Crippen LogP contribution in [0, 0.1) is 11.6 Å². The van der Waals surface area contributed by atoms with Crippen LogP contribution in [-0.4, -0.2) is 5.91 Å². The molecule has 0 aromatic heterocycles. The first kappa shape index (κ1) is 13.0. The van der Waals surface area contributed by atoms with Crippen molar-refractivity contribution in [3.8, 4) is 11.5 Å². The van der Waals surface area contributed by atoms with Crippen LogP contribution in [-0.2, 0) is 4.79 Å². The van der Waals surface area contributed by atoms with Crippen LogP contribution in [0.15, 0.2) is 42.5 Å².